The first-order valence-electron chi connectivity index (χ1n) is 10.5. The van der Waals surface area contributed by atoms with Crippen LogP contribution in [-0.2, 0) is 14.8 Å². The summed E-state index contributed by atoms with van der Waals surface area (Å²) in [5.41, 5.74) is 3.13. The summed E-state index contributed by atoms with van der Waals surface area (Å²) in [4.78, 5) is 12.9. The van der Waals surface area contributed by atoms with Crippen molar-refractivity contribution in [1.82, 2.24) is 5.32 Å². The van der Waals surface area contributed by atoms with Crippen LogP contribution in [0.5, 0.6) is 5.75 Å². The number of nitrogens with zero attached hydrogens (tertiary/aromatic N) is 1. The summed E-state index contributed by atoms with van der Waals surface area (Å²) in [6.45, 7) is 9.83. The number of anilines is 1. The van der Waals surface area contributed by atoms with Crippen LogP contribution in [0.3, 0.4) is 0 Å². The van der Waals surface area contributed by atoms with Gasteiger partial charge >= 0.3 is 0 Å². The fourth-order valence-corrected chi connectivity index (χ4v) is 4.74. The van der Waals surface area contributed by atoms with E-state index in [1.54, 1.807) is 12.1 Å². The number of hydrogen-bond donors (Lipinski definition) is 1. The fraction of sp³-hybridized carbons (Fsp3) is 0.458. The number of amides is 1. The Labute approximate surface area is 185 Å². The first-order valence-corrected chi connectivity index (χ1v) is 12.4. The first kappa shape index (κ1) is 23.1. The minimum Gasteiger partial charge on any atom is -0.487 e. The maximum Gasteiger partial charge on any atom is 0.241 e. The lowest BCUT2D eigenvalue weighted by molar-refractivity contribution is -0.120. The molecule has 168 valence electrons. The van der Waals surface area contributed by atoms with Gasteiger partial charge in [-0.1, -0.05) is 38.1 Å². The van der Waals surface area contributed by atoms with Gasteiger partial charge in [0, 0.05) is 12.0 Å². The van der Waals surface area contributed by atoms with Crippen molar-refractivity contribution < 1.29 is 17.9 Å². The third kappa shape index (κ3) is 5.58. The second kappa shape index (κ2) is 8.54. The fourth-order valence-electron chi connectivity index (χ4n) is 3.88. The molecule has 1 N–H and O–H groups in total. The van der Waals surface area contributed by atoms with Gasteiger partial charge in [0.15, 0.2) is 0 Å². The van der Waals surface area contributed by atoms with Crippen molar-refractivity contribution in [2.24, 2.45) is 0 Å². The quantitative estimate of drug-likeness (QED) is 0.721. The van der Waals surface area contributed by atoms with Crippen LogP contribution in [0.1, 0.15) is 62.8 Å². The molecule has 2 aromatic carbocycles. The van der Waals surface area contributed by atoms with Crippen LogP contribution < -0.4 is 14.4 Å². The molecule has 0 spiro atoms. The monoisotopic (exact) mass is 444 g/mol. The Kier molecular flexibility index (Phi) is 6.37. The second-order valence-electron chi connectivity index (χ2n) is 9.24. The topological polar surface area (TPSA) is 75.7 Å². The molecule has 1 aliphatic rings. The number of sulfonamides is 1. The zero-order valence-electron chi connectivity index (χ0n) is 19.1. The molecule has 3 rings (SSSR count). The van der Waals surface area contributed by atoms with Gasteiger partial charge in [-0.2, -0.15) is 0 Å². The molecule has 0 radical (unpaired) electrons. The molecule has 0 saturated heterocycles. The Morgan fingerprint density at radius 1 is 1.19 bits per heavy atom. The van der Waals surface area contributed by atoms with Gasteiger partial charge in [0.2, 0.25) is 15.9 Å². The first-order chi connectivity index (χ1) is 14.4. The van der Waals surface area contributed by atoms with Gasteiger partial charge < -0.3 is 10.1 Å². The predicted molar refractivity (Wildman–Crippen MR) is 124 cm³/mol. The lowest BCUT2D eigenvalue weighted by Gasteiger charge is -2.38. The number of nitrogens with one attached hydrogen (secondary N) is 1. The molecule has 0 saturated carbocycles. The number of carbonyl (C=O) groups is 1. The molecule has 2 aromatic rings. The molecule has 0 bridgehead atoms. The lowest BCUT2D eigenvalue weighted by atomic mass is 9.89. The minimum atomic E-state index is -3.63. The van der Waals surface area contributed by atoms with Gasteiger partial charge in [0.05, 0.1) is 18.0 Å². The minimum absolute atomic E-state index is 0.253. The van der Waals surface area contributed by atoms with Crippen molar-refractivity contribution in [3.8, 4) is 5.75 Å². The van der Waals surface area contributed by atoms with E-state index < -0.39 is 15.6 Å². The number of ether oxygens (including phenoxy) is 1. The standard InChI is InChI=1S/C24H32N2O4S/c1-16(2)18-8-10-19(11-9-18)26(31(6,28)29)15-23(27)25-21-14-24(4,5)30-22-13-17(3)7-12-20(21)22/h7-13,16,21H,14-15H2,1-6H3,(H,25,27)/t21-/m0/s1. The summed E-state index contributed by atoms with van der Waals surface area (Å²) < 4.78 is 32.1. The van der Waals surface area contributed by atoms with Crippen LogP contribution in [0, 0.1) is 6.92 Å². The van der Waals surface area contributed by atoms with E-state index in [1.165, 1.54) is 0 Å². The van der Waals surface area contributed by atoms with Crippen molar-refractivity contribution in [1.29, 1.82) is 0 Å². The summed E-state index contributed by atoms with van der Waals surface area (Å²) in [6, 6.07) is 13.0. The molecule has 0 unspecified atom stereocenters. The molecule has 6 nitrogen and oxygen atoms in total. The van der Waals surface area contributed by atoms with E-state index in [4.69, 9.17) is 4.74 Å². The van der Waals surface area contributed by atoms with Crippen LogP contribution in [-0.4, -0.2) is 32.7 Å². The Bertz CT molecular complexity index is 1060. The SMILES string of the molecule is Cc1ccc2c(c1)OC(C)(C)C[C@@H]2NC(=O)CN(c1ccc(C(C)C)cc1)S(C)(=O)=O. The van der Waals surface area contributed by atoms with Gasteiger partial charge in [0.1, 0.15) is 17.9 Å². The Morgan fingerprint density at radius 2 is 1.84 bits per heavy atom. The zero-order chi connectivity index (χ0) is 23.0. The number of fused-ring (bicyclic) bond motifs is 1. The Morgan fingerprint density at radius 3 is 2.42 bits per heavy atom. The summed E-state index contributed by atoms with van der Waals surface area (Å²) >= 11 is 0. The molecule has 1 aliphatic heterocycles. The van der Waals surface area contributed by atoms with Gasteiger partial charge in [-0.15, -0.1) is 0 Å². The molecule has 0 fully saturated rings. The van der Waals surface area contributed by atoms with Crippen molar-refractivity contribution >= 4 is 21.6 Å². The second-order valence-corrected chi connectivity index (χ2v) is 11.1. The summed E-state index contributed by atoms with van der Waals surface area (Å²) in [7, 11) is -3.63. The van der Waals surface area contributed by atoms with Crippen molar-refractivity contribution in [2.75, 3.05) is 17.1 Å². The molecule has 7 heteroatoms. The third-order valence-electron chi connectivity index (χ3n) is 5.50. The van der Waals surface area contributed by atoms with Crippen LogP contribution in [0.15, 0.2) is 42.5 Å². The van der Waals surface area contributed by atoms with Crippen LogP contribution in [0.4, 0.5) is 5.69 Å². The van der Waals surface area contributed by atoms with Gasteiger partial charge in [-0.05, 0) is 56.0 Å². The molecule has 31 heavy (non-hydrogen) atoms. The summed E-state index contributed by atoms with van der Waals surface area (Å²) in [5.74, 6) is 0.739. The maximum atomic E-state index is 12.9. The van der Waals surface area contributed by atoms with E-state index >= 15 is 0 Å². The highest BCUT2D eigenvalue weighted by Gasteiger charge is 2.35. The van der Waals surface area contributed by atoms with E-state index in [2.05, 4.69) is 19.2 Å². The Hall–Kier alpha value is -2.54. The van der Waals surface area contributed by atoms with Crippen molar-refractivity contribution in [3.05, 3.63) is 59.2 Å². The molecule has 0 aliphatic carbocycles. The largest absolute Gasteiger partial charge is 0.487 e. The number of benzene rings is 2. The molecule has 1 heterocycles. The van der Waals surface area contributed by atoms with Crippen LogP contribution in [0.25, 0.3) is 0 Å². The number of rotatable bonds is 6. The Balaban J connectivity index is 1.82. The normalized spacial score (nSPS) is 17.6. The molecule has 1 amide bonds. The van der Waals surface area contributed by atoms with E-state index in [0.717, 1.165) is 33.0 Å². The third-order valence-corrected chi connectivity index (χ3v) is 6.64. The van der Waals surface area contributed by atoms with Crippen molar-refractivity contribution in [3.63, 3.8) is 0 Å². The molecular weight excluding hydrogens is 412 g/mol. The predicted octanol–water partition coefficient (Wildman–Crippen LogP) is 4.30. The summed E-state index contributed by atoms with van der Waals surface area (Å²) in [5, 5.41) is 3.03. The average molecular weight is 445 g/mol. The van der Waals surface area contributed by atoms with Gasteiger partial charge in [-0.3, -0.25) is 9.10 Å². The van der Waals surface area contributed by atoms with Gasteiger partial charge in [0.25, 0.3) is 0 Å². The van der Waals surface area contributed by atoms with Crippen LogP contribution in [0.2, 0.25) is 0 Å². The van der Waals surface area contributed by atoms with Crippen molar-refractivity contribution in [2.45, 2.75) is 58.6 Å². The zero-order valence-corrected chi connectivity index (χ0v) is 19.9. The highest BCUT2D eigenvalue weighted by atomic mass is 32.2. The highest BCUT2D eigenvalue weighted by Crippen LogP contribution is 2.39. The van der Waals surface area contributed by atoms with E-state index in [9.17, 15) is 13.2 Å². The maximum absolute atomic E-state index is 12.9. The van der Waals surface area contributed by atoms with E-state index in [-0.39, 0.29) is 18.5 Å². The van der Waals surface area contributed by atoms with E-state index in [0.29, 0.717) is 18.0 Å². The average Bonchev–Trinajstić information content (AvgIpc) is 2.64. The molecular formula is C24H32N2O4S. The van der Waals surface area contributed by atoms with Gasteiger partial charge in [-0.25, -0.2) is 8.42 Å². The van der Waals surface area contributed by atoms with E-state index in [1.807, 2.05) is 51.1 Å². The number of carbonyl (C=O) groups excluding carboxylic acids is 1. The van der Waals surface area contributed by atoms with Crippen LogP contribution >= 0.6 is 0 Å². The lowest BCUT2D eigenvalue weighted by Crippen LogP contribution is -2.45. The number of hydrogen-bond acceptors (Lipinski definition) is 4. The smallest absolute Gasteiger partial charge is 0.241 e. The molecule has 1 atom stereocenters. The molecule has 0 aromatic heterocycles. The highest BCUT2D eigenvalue weighted by molar-refractivity contribution is 7.92. The summed E-state index contributed by atoms with van der Waals surface area (Å²) in [6.07, 6.45) is 1.71. The number of aryl methyl sites for hydroxylation is 1.